The largest absolute Gasteiger partial charge is 0.868 e. The number of aliphatic hydroxyl groups is 1. The van der Waals surface area contributed by atoms with Crippen LogP contribution in [0.5, 0.6) is 5.75 Å². The normalized spacial score (nSPS) is 12.1. The standard InChI is InChI=1S/C11H13NO6/c13-6-7-1-2-8(14)5-12(7)9(11(17)18)3-4-10(15)16/h1-2,5,9,13H,3-4,6H2,(H2-,14,15,16,17,18)/t9-/m0/s1. The predicted molar refractivity (Wildman–Crippen MR) is 55.5 cm³/mol. The van der Waals surface area contributed by atoms with E-state index in [0.717, 1.165) is 10.8 Å². The Labute approximate surface area is 103 Å². The zero-order valence-electron chi connectivity index (χ0n) is 9.44. The van der Waals surface area contributed by atoms with Crippen molar-refractivity contribution in [3.05, 3.63) is 24.0 Å². The van der Waals surface area contributed by atoms with Gasteiger partial charge in [0.1, 0.15) is 6.61 Å². The topological polar surface area (TPSA) is 122 Å². The van der Waals surface area contributed by atoms with Crippen molar-refractivity contribution < 1.29 is 34.6 Å². The third kappa shape index (κ3) is 3.42. The van der Waals surface area contributed by atoms with E-state index < -0.39 is 30.3 Å². The lowest BCUT2D eigenvalue weighted by Crippen LogP contribution is -2.47. The van der Waals surface area contributed by atoms with Gasteiger partial charge in [0.05, 0.1) is 6.42 Å². The van der Waals surface area contributed by atoms with Crippen LogP contribution < -0.4 is 9.67 Å². The summed E-state index contributed by atoms with van der Waals surface area (Å²) in [6.07, 6.45) is 0.551. The van der Waals surface area contributed by atoms with Crippen LogP contribution >= 0.6 is 0 Å². The quantitative estimate of drug-likeness (QED) is 0.562. The number of carbonyl (C=O) groups is 2. The molecule has 0 aliphatic rings. The SMILES string of the molecule is O=C(O)CC[C@@H](C(=O)O)[n+]1cc([O-])ccc1CO. The van der Waals surface area contributed by atoms with Crippen molar-refractivity contribution in [3.63, 3.8) is 0 Å². The highest BCUT2D eigenvalue weighted by Crippen LogP contribution is 2.11. The molecule has 1 heterocycles. The third-order valence-electron chi connectivity index (χ3n) is 2.45. The van der Waals surface area contributed by atoms with Crippen molar-refractivity contribution in [1.82, 2.24) is 0 Å². The highest BCUT2D eigenvalue weighted by atomic mass is 16.4. The van der Waals surface area contributed by atoms with Gasteiger partial charge in [-0.05, 0) is 5.75 Å². The molecule has 1 rings (SSSR count). The molecule has 1 atom stereocenters. The highest BCUT2D eigenvalue weighted by Gasteiger charge is 2.30. The molecule has 0 spiro atoms. The molecule has 0 radical (unpaired) electrons. The lowest BCUT2D eigenvalue weighted by Gasteiger charge is -2.12. The summed E-state index contributed by atoms with van der Waals surface area (Å²) in [5.41, 5.74) is 0.243. The van der Waals surface area contributed by atoms with Gasteiger partial charge in [0, 0.05) is 12.5 Å². The van der Waals surface area contributed by atoms with Crippen LogP contribution in [0.1, 0.15) is 24.6 Å². The molecule has 1 aromatic rings. The molecule has 18 heavy (non-hydrogen) atoms. The molecule has 7 nitrogen and oxygen atoms in total. The Hall–Kier alpha value is -2.15. The van der Waals surface area contributed by atoms with Crippen molar-refractivity contribution in [3.8, 4) is 5.75 Å². The van der Waals surface area contributed by atoms with Crippen LogP contribution in [-0.4, -0.2) is 27.3 Å². The number of hydrogen-bond donors (Lipinski definition) is 3. The second-order valence-corrected chi connectivity index (χ2v) is 3.71. The van der Waals surface area contributed by atoms with E-state index >= 15 is 0 Å². The maximum atomic E-state index is 11.2. The van der Waals surface area contributed by atoms with Crippen LogP contribution in [0.3, 0.4) is 0 Å². The van der Waals surface area contributed by atoms with Crippen LogP contribution in [0, 0.1) is 0 Å². The Morgan fingerprint density at radius 2 is 2.00 bits per heavy atom. The fourth-order valence-electron chi connectivity index (χ4n) is 1.59. The van der Waals surface area contributed by atoms with Gasteiger partial charge in [-0.2, -0.15) is 4.57 Å². The number of carboxylic acids is 2. The summed E-state index contributed by atoms with van der Waals surface area (Å²) in [6.45, 7) is -0.433. The number of pyridine rings is 1. The first-order valence-electron chi connectivity index (χ1n) is 5.22. The maximum Gasteiger partial charge on any atom is 0.373 e. The van der Waals surface area contributed by atoms with Gasteiger partial charge in [0.2, 0.25) is 5.69 Å². The molecule has 0 bridgehead atoms. The minimum absolute atomic E-state index is 0.161. The second-order valence-electron chi connectivity index (χ2n) is 3.71. The predicted octanol–water partition coefficient (Wildman–Crippen LogP) is -0.969. The van der Waals surface area contributed by atoms with E-state index in [1.54, 1.807) is 0 Å². The lowest BCUT2D eigenvalue weighted by molar-refractivity contribution is -0.721. The van der Waals surface area contributed by atoms with E-state index in [4.69, 9.17) is 15.3 Å². The molecule has 3 N–H and O–H groups in total. The first-order valence-corrected chi connectivity index (χ1v) is 5.22. The first kappa shape index (κ1) is 13.9. The molecule has 0 fully saturated rings. The van der Waals surface area contributed by atoms with E-state index in [9.17, 15) is 14.7 Å². The van der Waals surface area contributed by atoms with Crippen LogP contribution in [0.4, 0.5) is 0 Å². The molecule has 98 valence electrons. The van der Waals surface area contributed by atoms with Crippen LogP contribution in [-0.2, 0) is 16.2 Å². The van der Waals surface area contributed by atoms with Gasteiger partial charge >= 0.3 is 11.9 Å². The van der Waals surface area contributed by atoms with Gasteiger partial charge in [0.15, 0.2) is 6.20 Å². The summed E-state index contributed by atoms with van der Waals surface area (Å²) in [7, 11) is 0. The summed E-state index contributed by atoms with van der Waals surface area (Å²) in [6, 6.07) is 1.34. The summed E-state index contributed by atoms with van der Waals surface area (Å²) in [4.78, 5) is 21.6. The molecule has 0 aromatic carbocycles. The van der Waals surface area contributed by atoms with Crippen LogP contribution in [0.2, 0.25) is 0 Å². The van der Waals surface area contributed by atoms with E-state index in [1.165, 1.54) is 12.1 Å². The molecule has 0 amide bonds. The average Bonchev–Trinajstić information content (AvgIpc) is 2.28. The van der Waals surface area contributed by atoms with Crippen molar-refractivity contribution in [2.24, 2.45) is 0 Å². The minimum Gasteiger partial charge on any atom is -0.868 e. The van der Waals surface area contributed by atoms with Gasteiger partial charge in [-0.3, -0.25) is 4.79 Å². The fraction of sp³-hybridized carbons (Fsp3) is 0.364. The highest BCUT2D eigenvalue weighted by molar-refractivity contribution is 5.72. The smallest absolute Gasteiger partial charge is 0.373 e. The molecular weight excluding hydrogens is 242 g/mol. The summed E-state index contributed by atoms with van der Waals surface area (Å²) >= 11 is 0. The molecule has 0 saturated carbocycles. The number of aromatic nitrogens is 1. The maximum absolute atomic E-state index is 11.2. The third-order valence-corrected chi connectivity index (χ3v) is 2.45. The van der Waals surface area contributed by atoms with Gasteiger partial charge in [0.25, 0.3) is 6.04 Å². The summed E-state index contributed by atoms with van der Waals surface area (Å²) < 4.78 is 1.10. The minimum atomic E-state index is -1.25. The number of hydrogen-bond acceptors (Lipinski definition) is 4. The monoisotopic (exact) mass is 255 g/mol. The van der Waals surface area contributed by atoms with E-state index in [-0.39, 0.29) is 18.5 Å². The Balaban J connectivity index is 3.08. The molecule has 1 aromatic heterocycles. The molecule has 0 unspecified atom stereocenters. The van der Waals surface area contributed by atoms with Gasteiger partial charge in [-0.1, -0.05) is 6.07 Å². The number of aliphatic hydroxyl groups excluding tert-OH is 1. The first-order chi connectivity index (χ1) is 8.45. The van der Waals surface area contributed by atoms with E-state index in [2.05, 4.69) is 0 Å². The molecule has 7 heteroatoms. The number of rotatable bonds is 6. The lowest BCUT2D eigenvalue weighted by atomic mass is 10.1. The van der Waals surface area contributed by atoms with Crippen molar-refractivity contribution >= 4 is 11.9 Å². The number of carboxylic acid groups (broad SMARTS) is 2. The van der Waals surface area contributed by atoms with E-state index in [0.29, 0.717) is 0 Å². The second kappa shape index (κ2) is 5.97. The van der Waals surface area contributed by atoms with Crippen LogP contribution in [0.25, 0.3) is 0 Å². The Morgan fingerprint density at radius 1 is 1.33 bits per heavy atom. The Morgan fingerprint density at radius 3 is 2.50 bits per heavy atom. The van der Waals surface area contributed by atoms with Crippen molar-refractivity contribution in [1.29, 1.82) is 0 Å². The molecule has 0 aliphatic heterocycles. The van der Waals surface area contributed by atoms with Crippen molar-refractivity contribution in [2.45, 2.75) is 25.5 Å². The Kier molecular flexibility index (Phi) is 4.61. The Bertz CT molecular complexity index is 459. The summed E-state index contributed by atoms with van der Waals surface area (Å²) in [5.74, 6) is -2.78. The molecule has 0 saturated heterocycles. The molecule has 0 aliphatic carbocycles. The fourth-order valence-corrected chi connectivity index (χ4v) is 1.59. The van der Waals surface area contributed by atoms with Gasteiger partial charge < -0.3 is 20.4 Å². The van der Waals surface area contributed by atoms with Gasteiger partial charge in [-0.15, -0.1) is 0 Å². The van der Waals surface area contributed by atoms with Gasteiger partial charge in [-0.25, -0.2) is 4.79 Å². The zero-order chi connectivity index (χ0) is 13.7. The van der Waals surface area contributed by atoms with Crippen molar-refractivity contribution in [2.75, 3.05) is 0 Å². The average molecular weight is 255 g/mol. The summed E-state index contributed by atoms with van der Waals surface area (Å²) in [5, 5.41) is 37.9. The number of aliphatic carboxylic acids is 2. The van der Waals surface area contributed by atoms with Crippen LogP contribution in [0.15, 0.2) is 18.3 Å². The number of nitrogens with zero attached hydrogens (tertiary/aromatic N) is 1. The van der Waals surface area contributed by atoms with E-state index in [1.807, 2.05) is 0 Å². The zero-order valence-corrected chi connectivity index (χ0v) is 9.44. The molecular formula is C11H13NO6.